The molecular weight excluding hydrogens is 1430 g/mol. The number of carbonyl (C=O) groups is 2. The van der Waals surface area contributed by atoms with Crippen LogP contribution in [-0.4, -0.2) is 34.7 Å². The zero-order valence-electron chi connectivity index (χ0n) is 66.0. The van der Waals surface area contributed by atoms with Crippen LogP contribution in [0.25, 0.3) is 92.8 Å². The molecule has 2 unspecified atom stereocenters. The zero-order valence-corrected chi connectivity index (χ0v) is 70.9. The molecule has 2 amide bonds. The highest BCUT2D eigenvalue weighted by Crippen LogP contribution is 2.53. The lowest BCUT2D eigenvalue weighted by atomic mass is 9.93. The molecule has 10 heteroatoms. The summed E-state index contributed by atoms with van der Waals surface area (Å²) in [6.07, 6.45) is 51.2. The van der Waals surface area contributed by atoms with E-state index >= 15 is 9.59 Å². The fraction of sp³-hybridized carbons (Fsp3) is 0.490. The second-order valence-electron chi connectivity index (χ2n) is 31.5. The Hall–Kier alpha value is -5.98. The van der Waals surface area contributed by atoms with Gasteiger partial charge in [-0.05, 0) is 143 Å². The molecule has 0 saturated carbocycles. The smallest absolute Gasteiger partial charge is 0.261 e. The van der Waals surface area contributed by atoms with Gasteiger partial charge in [0.2, 0.25) is 0 Å². The number of nitrogens with zero attached hydrogens (tertiary/aromatic N) is 2. The first kappa shape index (κ1) is 81.5. The number of carbonyl (C=O) groups excluding carboxylic acids is 2. The summed E-state index contributed by atoms with van der Waals surface area (Å²) in [5.41, 5.74) is 5.58. The minimum Gasteiger partial charge on any atom is -0.306 e. The minimum atomic E-state index is 0.0327. The van der Waals surface area contributed by atoms with Crippen LogP contribution in [0.15, 0.2) is 169 Å². The monoisotopic (exact) mass is 1550 g/mol. The second-order valence-corrected chi connectivity index (χ2v) is 38.0. The molecule has 0 radical (unpaired) electrons. The number of hydrogen-bond acceptors (Lipinski definition) is 8. The molecule has 2 atom stereocenters. The molecule has 574 valence electrons. The summed E-state index contributed by atoms with van der Waals surface area (Å²) >= 11 is 11.0. The molecule has 4 nitrogen and oxygen atoms in total. The summed E-state index contributed by atoms with van der Waals surface area (Å²) in [6, 6.07) is 58.3. The molecule has 0 fully saturated rings. The van der Waals surface area contributed by atoms with Gasteiger partial charge in [0.15, 0.2) is 0 Å². The zero-order chi connectivity index (χ0) is 74.5. The van der Waals surface area contributed by atoms with Crippen LogP contribution in [0.1, 0.15) is 294 Å². The molecule has 2 aliphatic heterocycles. The first-order chi connectivity index (χ1) is 53.3. The van der Waals surface area contributed by atoms with Crippen molar-refractivity contribution in [2.45, 2.75) is 285 Å². The highest BCUT2D eigenvalue weighted by atomic mass is 32.1. The number of rotatable bonds is 52. The van der Waals surface area contributed by atoms with Gasteiger partial charge in [0.25, 0.3) is 11.8 Å². The summed E-state index contributed by atoms with van der Waals surface area (Å²) in [5.74, 6) is 0.735. The third-order valence-electron chi connectivity index (χ3n) is 23.1. The van der Waals surface area contributed by atoms with Crippen molar-refractivity contribution < 1.29 is 9.59 Å². The normalized spacial score (nSPS) is 13.9. The van der Waals surface area contributed by atoms with Gasteiger partial charge in [0.1, 0.15) is 0 Å². The van der Waals surface area contributed by atoms with Crippen LogP contribution >= 0.6 is 68.0 Å². The molecule has 8 heterocycles. The van der Waals surface area contributed by atoms with E-state index in [1.165, 1.54) is 313 Å². The molecule has 0 spiro atoms. The largest absolute Gasteiger partial charge is 0.306 e. The highest BCUT2D eigenvalue weighted by molar-refractivity contribution is 7.28. The standard InChI is InChI=1S/C98H124N2O2S6/c1-5-9-13-17-21-25-27-31-35-39-49-73(47-37-33-29-23-19-15-11-7-3)71-99-95(91-69-67-89(107-91)87-65-63-85(105-87)83-61-59-81(103-83)79-57-45-53-75-51-41-43-55-77(75)79)93-94(97(99)101)96(100(98(93)102)72-74(48-38-34-30-24-20-16-12-8-4)50-40-36-32-28-26-22-18-14-10-6-2)92-70-68-90(108-92)88-66-64-86(106-88)84-62-60-82(104-84)80-58-46-54-76-52-42-44-56-78(76)80/h41-46,51-70,73-74H,5-40,47-50,71-72H2,1-4H3. The Morgan fingerprint density at radius 2 is 0.463 bits per heavy atom. The number of unbranched alkanes of at least 4 members (excludes halogenated alkanes) is 32. The third kappa shape index (κ3) is 22.2. The van der Waals surface area contributed by atoms with E-state index in [2.05, 4.69) is 195 Å². The van der Waals surface area contributed by atoms with Gasteiger partial charge in [-0.3, -0.25) is 9.59 Å². The van der Waals surface area contributed by atoms with Crippen molar-refractivity contribution >= 4 is 113 Å². The molecule has 0 N–H and O–H groups in total. The second kappa shape index (κ2) is 43.7. The highest BCUT2D eigenvalue weighted by Gasteiger charge is 2.50. The molecule has 0 saturated heterocycles. The van der Waals surface area contributed by atoms with Crippen LogP contribution in [0, 0.1) is 11.8 Å². The Balaban J connectivity index is 0.894. The fourth-order valence-electron chi connectivity index (χ4n) is 16.9. The molecule has 6 aromatic heterocycles. The van der Waals surface area contributed by atoms with Crippen molar-refractivity contribution in [1.29, 1.82) is 0 Å². The number of hydrogen-bond donors (Lipinski definition) is 0. The Labute approximate surface area is 674 Å². The van der Waals surface area contributed by atoms with E-state index in [4.69, 9.17) is 0 Å². The van der Waals surface area contributed by atoms with Crippen molar-refractivity contribution in [1.82, 2.24) is 9.80 Å². The Morgan fingerprint density at radius 3 is 0.750 bits per heavy atom. The van der Waals surface area contributed by atoms with Crippen molar-refractivity contribution in [3.05, 3.63) is 179 Å². The topological polar surface area (TPSA) is 40.6 Å². The van der Waals surface area contributed by atoms with Crippen LogP contribution in [0.3, 0.4) is 0 Å². The summed E-state index contributed by atoms with van der Waals surface area (Å²) in [7, 11) is 0. The number of benzene rings is 4. The number of amides is 2. The van der Waals surface area contributed by atoms with Crippen LogP contribution < -0.4 is 0 Å². The van der Waals surface area contributed by atoms with Crippen molar-refractivity contribution in [2.24, 2.45) is 11.8 Å². The van der Waals surface area contributed by atoms with E-state index in [0.717, 1.165) is 46.8 Å². The predicted molar refractivity (Wildman–Crippen MR) is 479 cm³/mol. The van der Waals surface area contributed by atoms with E-state index in [1.807, 2.05) is 45.3 Å². The average Bonchev–Trinajstić information content (AvgIpc) is 1.55. The number of fused-ring (bicyclic) bond motifs is 3. The molecule has 12 rings (SSSR count). The first-order valence-corrected chi connectivity index (χ1v) is 47.9. The fourth-order valence-corrected chi connectivity index (χ4v) is 23.5. The van der Waals surface area contributed by atoms with E-state index < -0.39 is 0 Å². The van der Waals surface area contributed by atoms with Gasteiger partial charge in [-0.15, -0.1) is 68.0 Å². The molecular formula is C98H124N2O2S6. The van der Waals surface area contributed by atoms with Gasteiger partial charge in [0, 0.05) is 61.9 Å². The van der Waals surface area contributed by atoms with Crippen LogP contribution in [0.4, 0.5) is 0 Å². The maximum atomic E-state index is 16.7. The predicted octanol–water partition coefficient (Wildman–Crippen LogP) is 33.1. The van der Waals surface area contributed by atoms with Crippen LogP contribution in [0.5, 0.6) is 0 Å². The molecule has 0 bridgehead atoms. The molecule has 2 aliphatic rings. The van der Waals surface area contributed by atoms with E-state index in [1.54, 1.807) is 22.7 Å². The quantitative estimate of drug-likeness (QED) is 0.0357. The van der Waals surface area contributed by atoms with Gasteiger partial charge in [0.05, 0.1) is 32.3 Å². The Kier molecular flexibility index (Phi) is 33.0. The molecule has 108 heavy (non-hydrogen) atoms. The van der Waals surface area contributed by atoms with E-state index in [-0.39, 0.29) is 11.8 Å². The van der Waals surface area contributed by atoms with E-state index in [0.29, 0.717) is 36.1 Å². The average molecular weight is 1550 g/mol. The van der Waals surface area contributed by atoms with Crippen LogP contribution in [0.2, 0.25) is 0 Å². The van der Waals surface area contributed by atoms with Crippen molar-refractivity contribution in [3.63, 3.8) is 0 Å². The SMILES string of the molecule is CCCCCCCCCCCCC(CCCCCCCCCC)CN1C(=O)C2=C(c3ccc(-c4ccc(-c5ccc(-c6cccc7ccccc67)s5)s4)s3)N(CC(CCCCCCCCCC)CCCCCCCCCCCC)C(=O)C2=C1c1ccc(-c2ccc(-c3ccc(-c4cccc5ccccc45)s3)s2)s1. The summed E-state index contributed by atoms with van der Waals surface area (Å²) in [6.45, 7) is 10.5. The Bertz CT molecular complexity index is 4150. The van der Waals surface area contributed by atoms with Crippen LogP contribution in [-0.2, 0) is 9.59 Å². The van der Waals surface area contributed by atoms with E-state index in [9.17, 15) is 0 Å². The molecule has 10 aromatic rings. The maximum Gasteiger partial charge on any atom is 0.261 e. The van der Waals surface area contributed by atoms with Gasteiger partial charge in [-0.25, -0.2) is 0 Å². The minimum absolute atomic E-state index is 0.0327. The maximum absolute atomic E-state index is 16.7. The van der Waals surface area contributed by atoms with Crippen molar-refractivity contribution in [2.75, 3.05) is 13.1 Å². The lowest BCUT2D eigenvalue weighted by Crippen LogP contribution is -2.34. The molecule has 0 aliphatic carbocycles. The summed E-state index contributed by atoms with van der Waals surface area (Å²) < 4.78 is 0. The third-order valence-corrected chi connectivity index (χ3v) is 30.5. The molecule has 4 aromatic carbocycles. The summed E-state index contributed by atoms with van der Waals surface area (Å²) in [4.78, 5) is 52.2. The summed E-state index contributed by atoms with van der Waals surface area (Å²) in [5, 5.41) is 5.09. The van der Waals surface area contributed by atoms with Gasteiger partial charge in [-0.2, -0.15) is 0 Å². The Morgan fingerprint density at radius 1 is 0.241 bits per heavy atom. The number of thiophene rings is 6. The van der Waals surface area contributed by atoms with Gasteiger partial charge in [-0.1, -0.05) is 344 Å². The first-order valence-electron chi connectivity index (χ1n) is 43.0. The lowest BCUT2D eigenvalue weighted by molar-refractivity contribution is -0.124. The van der Waals surface area contributed by atoms with Crippen molar-refractivity contribution in [3.8, 4) is 59.9 Å². The van der Waals surface area contributed by atoms with Gasteiger partial charge >= 0.3 is 0 Å². The lowest BCUT2D eigenvalue weighted by Gasteiger charge is -2.29. The van der Waals surface area contributed by atoms with Gasteiger partial charge < -0.3 is 9.80 Å².